The maximum absolute atomic E-state index is 12.9. The van der Waals surface area contributed by atoms with Crippen LogP contribution in [0.25, 0.3) is 6.08 Å². The van der Waals surface area contributed by atoms with E-state index < -0.39 is 0 Å². The summed E-state index contributed by atoms with van der Waals surface area (Å²) in [7, 11) is 1.82. The molecule has 4 heteroatoms. The highest BCUT2D eigenvalue weighted by Gasteiger charge is 2.29. The minimum atomic E-state index is -0.266. The first-order valence-electron chi connectivity index (χ1n) is 9.23. The molecule has 0 saturated carbocycles. The van der Waals surface area contributed by atoms with Crippen LogP contribution in [0, 0.1) is 13.8 Å². The van der Waals surface area contributed by atoms with Gasteiger partial charge in [0, 0.05) is 26.7 Å². The van der Waals surface area contributed by atoms with Gasteiger partial charge in [0.15, 0.2) is 0 Å². The maximum atomic E-state index is 12.9. The minimum Gasteiger partial charge on any atom is -0.341 e. The Bertz CT molecular complexity index is 901. The Morgan fingerprint density at radius 2 is 1.85 bits per heavy atom. The number of benzene rings is 2. The van der Waals surface area contributed by atoms with E-state index in [1.807, 2.05) is 37.4 Å². The van der Waals surface area contributed by atoms with Crippen molar-refractivity contribution >= 4 is 17.9 Å². The lowest BCUT2D eigenvalue weighted by atomic mass is 9.93. The molecule has 1 heterocycles. The topological polar surface area (TPSA) is 40.6 Å². The first-order valence-corrected chi connectivity index (χ1v) is 9.23. The molecule has 2 amide bonds. The van der Waals surface area contributed by atoms with Crippen LogP contribution in [-0.4, -0.2) is 28.7 Å². The zero-order valence-corrected chi connectivity index (χ0v) is 16.4. The summed E-state index contributed by atoms with van der Waals surface area (Å²) in [5.41, 5.74) is 5.62. The predicted molar refractivity (Wildman–Crippen MR) is 108 cm³/mol. The maximum Gasteiger partial charge on any atom is 0.225 e. The molecular formula is C23H26N2O2. The fraction of sp³-hybridized carbons (Fsp3) is 0.304. The normalized spacial score (nSPS) is 15.4. The van der Waals surface area contributed by atoms with Crippen LogP contribution in [0.1, 0.15) is 47.2 Å². The summed E-state index contributed by atoms with van der Waals surface area (Å²) >= 11 is 0. The number of amides is 2. The molecule has 27 heavy (non-hydrogen) atoms. The van der Waals surface area contributed by atoms with Gasteiger partial charge in [0.2, 0.25) is 11.8 Å². The molecule has 0 aliphatic carbocycles. The van der Waals surface area contributed by atoms with Crippen molar-refractivity contribution in [3.63, 3.8) is 0 Å². The van der Waals surface area contributed by atoms with E-state index in [0.717, 1.165) is 16.7 Å². The van der Waals surface area contributed by atoms with E-state index in [4.69, 9.17) is 0 Å². The Labute approximate surface area is 161 Å². The van der Waals surface area contributed by atoms with E-state index in [-0.39, 0.29) is 24.3 Å². The van der Waals surface area contributed by atoms with Crippen LogP contribution >= 0.6 is 0 Å². The van der Waals surface area contributed by atoms with Crippen LogP contribution in [0.2, 0.25) is 0 Å². The van der Waals surface area contributed by atoms with Crippen LogP contribution in [0.4, 0.5) is 0 Å². The average molecular weight is 362 g/mol. The molecule has 1 unspecified atom stereocenters. The standard InChI is InChI=1S/C23H26N2O2/c1-16-9-10-20(17(2)13-16)15-24(4)23(27)14-22-21-8-6-5-7-19(21)11-12-25(22)18(3)26/h5-13,22H,14-15H2,1-4H3. The molecule has 4 nitrogen and oxygen atoms in total. The molecular weight excluding hydrogens is 336 g/mol. The Balaban J connectivity index is 1.78. The van der Waals surface area contributed by atoms with Crippen molar-refractivity contribution in [2.45, 2.75) is 39.8 Å². The van der Waals surface area contributed by atoms with Crippen LogP contribution in [0.3, 0.4) is 0 Å². The van der Waals surface area contributed by atoms with E-state index >= 15 is 0 Å². The number of fused-ring (bicyclic) bond motifs is 1. The number of aryl methyl sites for hydroxylation is 2. The second-order valence-electron chi connectivity index (χ2n) is 7.27. The van der Waals surface area contributed by atoms with Gasteiger partial charge in [0.1, 0.15) is 0 Å². The van der Waals surface area contributed by atoms with Gasteiger partial charge >= 0.3 is 0 Å². The van der Waals surface area contributed by atoms with Crippen molar-refractivity contribution in [3.05, 3.63) is 76.5 Å². The zero-order chi connectivity index (χ0) is 19.6. The lowest BCUT2D eigenvalue weighted by Crippen LogP contribution is -2.36. The molecule has 0 aromatic heterocycles. The number of hydrogen-bond donors (Lipinski definition) is 0. The van der Waals surface area contributed by atoms with Gasteiger partial charge in [-0.1, -0.05) is 48.0 Å². The van der Waals surface area contributed by atoms with E-state index in [9.17, 15) is 9.59 Å². The van der Waals surface area contributed by atoms with Crippen LogP contribution in [0.15, 0.2) is 48.7 Å². The second-order valence-corrected chi connectivity index (χ2v) is 7.27. The molecule has 0 bridgehead atoms. The summed E-state index contributed by atoms with van der Waals surface area (Å²) in [6, 6.07) is 13.9. The minimum absolute atomic E-state index is 0.0244. The molecule has 0 N–H and O–H groups in total. The molecule has 0 radical (unpaired) electrons. The molecule has 1 aliphatic rings. The van der Waals surface area contributed by atoms with Gasteiger partial charge in [-0.2, -0.15) is 0 Å². The largest absolute Gasteiger partial charge is 0.341 e. The van der Waals surface area contributed by atoms with Crippen LogP contribution < -0.4 is 0 Å². The summed E-state index contributed by atoms with van der Waals surface area (Å²) in [5.74, 6) is -0.0353. The third kappa shape index (κ3) is 4.11. The quantitative estimate of drug-likeness (QED) is 0.817. The lowest BCUT2D eigenvalue weighted by Gasteiger charge is -2.33. The lowest BCUT2D eigenvalue weighted by molar-refractivity contribution is -0.134. The highest BCUT2D eigenvalue weighted by molar-refractivity contribution is 5.81. The molecule has 0 fully saturated rings. The molecule has 1 atom stereocenters. The van der Waals surface area contributed by atoms with Gasteiger partial charge < -0.3 is 9.80 Å². The number of carbonyl (C=O) groups is 2. The van der Waals surface area contributed by atoms with Gasteiger partial charge in [0.05, 0.1) is 12.5 Å². The van der Waals surface area contributed by atoms with Crippen LogP contribution in [-0.2, 0) is 16.1 Å². The van der Waals surface area contributed by atoms with Crippen molar-refractivity contribution in [1.29, 1.82) is 0 Å². The SMILES string of the molecule is CC(=O)N1C=Cc2ccccc2C1CC(=O)N(C)Cc1ccc(C)cc1C. The van der Waals surface area contributed by atoms with Gasteiger partial charge in [0.25, 0.3) is 0 Å². The summed E-state index contributed by atoms with van der Waals surface area (Å²) in [5, 5.41) is 0. The average Bonchev–Trinajstić information content (AvgIpc) is 2.63. The predicted octanol–water partition coefficient (Wildman–Crippen LogP) is 4.23. The number of hydrogen-bond acceptors (Lipinski definition) is 2. The fourth-order valence-electron chi connectivity index (χ4n) is 3.60. The first kappa shape index (κ1) is 18.9. The second kappa shape index (κ2) is 7.78. The molecule has 140 valence electrons. The van der Waals surface area contributed by atoms with Crippen molar-refractivity contribution in [3.8, 4) is 0 Å². The Kier molecular flexibility index (Phi) is 5.45. The molecule has 3 rings (SSSR count). The summed E-state index contributed by atoms with van der Waals surface area (Å²) in [6.07, 6.45) is 3.98. The third-order valence-corrected chi connectivity index (χ3v) is 5.17. The monoisotopic (exact) mass is 362 g/mol. The molecule has 2 aromatic rings. The molecule has 0 saturated heterocycles. The van der Waals surface area contributed by atoms with Crippen molar-refractivity contribution in [1.82, 2.24) is 9.80 Å². The number of nitrogens with zero attached hydrogens (tertiary/aromatic N) is 2. The van der Waals surface area contributed by atoms with E-state index in [1.54, 1.807) is 16.0 Å². The van der Waals surface area contributed by atoms with Crippen LogP contribution in [0.5, 0.6) is 0 Å². The Morgan fingerprint density at radius 1 is 1.11 bits per heavy atom. The summed E-state index contributed by atoms with van der Waals surface area (Å²) in [4.78, 5) is 28.4. The zero-order valence-electron chi connectivity index (χ0n) is 16.4. The Morgan fingerprint density at radius 3 is 2.56 bits per heavy atom. The number of carbonyl (C=O) groups excluding carboxylic acids is 2. The smallest absolute Gasteiger partial charge is 0.225 e. The Hall–Kier alpha value is -2.88. The molecule has 0 spiro atoms. The highest BCUT2D eigenvalue weighted by atomic mass is 16.2. The summed E-state index contributed by atoms with van der Waals surface area (Å²) < 4.78 is 0. The molecule has 1 aliphatic heterocycles. The first-order chi connectivity index (χ1) is 12.9. The van der Waals surface area contributed by atoms with E-state index in [1.165, 1.54) is 18.1 Å². The third-order valence-electron chi connectivity index (χ3n) is 5.17. The van der Waals surface area contributed by atoms with Crippen molar-refractivity contribution < 1.29 is 9.59 Å². The van der Waals surface area contributed by atoms with Gasteiger partial charge in [-0.05, 0) is 42.2 Å². The van der Waals surface area contributed by atoms with Gasteiger partial charge in [-0.25, -0.2) is 0 Å². The number of rotatable bonds is 4. The van der Waals surface area contributed by atoms with Gasteiger partial charge in [-0.3, -0.25) is 9.59 Å². The van der Waals surface area contributed by atoms with E-state index in [0.29, 0.717) is 6.54 Å². The van der Waals surface area contributed by atoms with Gasteiger partial charge in [-0.15, -0.1) is 0 Å². The highest BCUT2D eigenvalue weighted by Crippen LogP contribution is 2.33. The molecule has 2 aromatic carbocycles. The van der Waals surface area contributed by atoms with Crippen molar-refractivity contribution in [2.24, 2.45) is 0 Å². The summed E-state index contributed by atoms with van der Waals surface area (Å²) in [6.45, 7) is 6.24. The van der Waals surface area contributed by atoms with Crippen molar-refractivity contribution in [2.75, 3.05) is 7.05 Å². The fourth-order valence-corrected chi connectivity index (χ4v) is 3.60. The van der Waals surface area contributed by atoms with E-state index in [2.05, 4.69) is 32.0 Å².